The number of rotatable bonds is 15. The molecule has 1 aliphatic rings. The Morgan fingerprint density at radius 1 is 1.44 bits per heavy atom. The molecule has 1 amide bonds. The molecular weight excluding hydrogens is 583 g/mol. The second kappa shape index (κ2) is 13.4. The first-order chi connectivity index (χ1) is 17.0. The molecule has 1 aromatic heterocycles. The highest BCUT2D eigenvalue weighted by Gasteiger charge is 2.30. The largest absolute Gasteiger partial charge is 0.495 e. The molecule has 0 saturated heterocycles. The topological polar surface area (TPSA) is 153 Å². The van der Waals surface area contributed by atoms with Crippen LogP contribution in [0.3, 0.4) is 0 Å². The minimum Gasteiger partial charge on any atom is -0.495 e. The summed E-state index contributed by atoms with van der Waals surface area (Å²) in [5.41, 5.74) is 5.91. The van der Waals surface area contributed by atoms with Gasteiger partial charge in [0.15, 0.2) is 0 Å². The highest BCUT2D eigenvalue weighted by Crippen LogP contribution is 2.19. The van der Waals surface area contributed by atoms with Crippen molar-refractivity contribution in [1.29, 1.82) is 0 Å². The van der Waals surface area contributed by atoms with Crippen molar-refractivity contribution >= 4 is 36.3 Å². The molecule has 1 heterocycles. The monoisotopic (exact) mass is 616 g/mol. The molecule has 0 fully saturated rings. The molecule has 0 spiro atoms. The number of allylic oxidation sites excluding steroid dienone is 1. The third-order valence-electron chi connectivity index (χ3n) is 5.59. The number of amides is 1. The smallest absolute Gasteiger partial charge is 0.270 e. The molecule has 13 heteroatoms. The molecule has 12 nitrogen and oxygen atoms in total. The molecule has 1 aromatic rings. The Kier molecular flexibility index (Phi) is 11.0. The average Bonchev–Trinajstić information content (AvgIpc) is 3.17. The third-order valence-corrected chi connectivity index (χ3v) is 7.52. The second-order valence-electron chi connectivity index (χ2n) is 8.26. The van der Waals surface area contributed by atoms with E-state index in [0.29, 0.717) is 21.4 Å². The number of methoxy groups -OCH3 is 2. The molecule has 1 unspecified atom stereocenters. The zero-order valence-corrected chi connectivity index (χ0v) is 22.8. The fourth-order valence-corrected chi connectivity index (χ4v) is 4.87. The minimum absolute atomic E-state index is 0.0110. The Hall–Kier alpha value is -2.88. The van der Waals surface area contributed by atoms with E-state index in [1.54, 1.807) is 11.0 Å². The van der Waals surface area contributed by atoms with Crippen LogP contribution in [0.15, 0.2) is 46.1 Å². The number of nitrogens with one attached hydrogen (secondary N) is 4. The first-order valence-electron chi connectivity index (χ1n) is 11.0. The number of aromatic nitrogens is 2. The van der Waals surface area contributed by atoms with Crippen LogP contribution < -0.4 is 21.7 Å². The van der Waals surface area contributed by atoms with E-state index in [1.165, 1.54) is 18.9 Å². The number of hydrogen-bond acceptors (Lipinski definition) is 8. The summed E-state index contributed by atoms with van der Waals surface area (Å²) in [6.45, 7) is 12.8. The Morgan fingerprint density at radius 3 is 2.75 bits per heavy atom. The summed E-state index contributed by atoms with van der Waals surface area (Å²) in [6, 6.07) is -0.917. The maximum atomic E-state index is 13.3. The highest BCUT2D eigenvalue weighted by molar-refractivity contribution is 14.2. The van der Waals surface area contributed by atoms with Gasteiger partial charge >= 0.3 is 0 Å². The number of halogens is 1. The Bertz CT molecular complexity index is 1140. The SMILES string of the molecule is C=CI=C(NC(=O)C(Cn1[nH]c2c(c1=O)CCC=C2)NNC[C@](C)(CC(=C)[N+](=O)[O-])OC)C(=C)OC. The van der Waals surface area contributed by atoms with E-state index in [1.807, 2.05) is 12.2 Å². The van der Waals surface area contributed by atoms with E-state index >= 15 is 0 Å². The molecule has 0 radical (unpaired) electrons. The van der Waals surface area contributed by atoms with Gasteiger partial charge < -0.3 is 14.8 Å². The standard InChI is InChI=1S/C23H33IN6O6/c1-7-24-20(16(3)35-5)26-21(31)19(13-29-22(32)17-10-8-9-11-18(17)28-29)27-25-14-23(4,36-6)12-15(2)30(33)34/h7,9,11,19,25,27-28H,1-3,8,10,12-14H2,4-6H3,(H,26,31)/t19?,23-/m0/s1. The fourth-order valence-electron chi connectivity index (χ4n) is 3.44. The van der Waals surface area contributed by atoms with E-state index < -0.39 is 43.2 Å². The van der Waals surface area contributed by atoms with Gasteiger partial charge in [-0.25, -0.2) is 5.43 Å². The number of hydrazine groups is 1. The van der Waals surface area contributed by atoms with Crippen LogP contribution in [0.5, 0.6) is 0 Å². The molecule has 1 aliphatic carbocycles. The second-order valence-corrected chi connectivity index (χ2v) is 10.8. The molecule has 2 rings (SSSR count). The van der Waals surface area contributed by atoms with Crippen LogP contribution in [0.25, 0.3) is 6.08 Å². The van der Waals surface area contributed by atoms with Crippen molar-refractivity contribution in [3.8, 4) is 0 Å². The molecule has 0 saturated carbocycles. The van der Waals surface area contributed by atoms with E-state index in [4.69, 9.17) is 9.47 Å². The van der Waals surface area contributed by atoms with Gasteiger partial charge in [0.1, 0.15) is 15.4 Å². The van der Waals surface area contributed by atoms with Gasteiger partial charge in [0.25, 0.3) is 5.56 Å². The van der Waals surface area contributed by atoms with Gasteiger partial charge in [0.2, 0.25) is 11.6 Å². The lowest BCUT2D eigenvalue weighted by Crippen LogP contribution is -2.56. The normalized spacial score (nSPS) is 15.6. The minimum atomic E-state index is -0.971. The molecule has 198 valence electrons. The number of ether oxygens (including phenoxy) is 2. The van der Waals surface area contributed by atoms with Crippen LogP contribution >= 0.6 is 20.7 Å². The summed E-state index contributed by atoms with van der Waals surface area (Å²) < 4.78 is 14.3. The lowest BCUT2D eigenvalue weighted by molar-refractivity contribution is -0.430. The average molecular weight is 616 g/mol. The fraction of sp³-hybridized carbons (Fsp3) is 0.435. The van der Waals surface area contributed by atoms with Crippen LogP contribution in [0, 0.1) is 10.1 Å². The molecule has 0 bridgehead atoms. The van der Waals surface area contributed by atoms with E-state index in [2.05, 4.69) is 41.0 Å². The van der Waals surface area contributed by atoms with E-state index in [-0.39, 0.29) is 30.8 Å². The van der Waals surface area contributed by atoms with Crippen molar-refractivity contribution in [2.24, 2.45) is 0 Å². The maximum absolute atomic E-state index is 13.3. The van der Waals surface area contributed by atoms with Gasteiger partial charge in [-0.15, -0.1) is 0 Å². The first-order valence-corrected chi connectivity index (χ1v) is 13.4. The number of aromatic amines is 1. The van der Waals surface area contributed by atoms with E-state index in [9.17, 15) is 19.7 Å². The summed E-state index contributed by atoms with van der Waals surface area (Å²) in [5, 5.41) is 16.9. The lowest BCUT2D eigenvalue weighted by atomic mass is 10.0. The lowest BCUT2D eigenvalue weighted by Gasteiger charge is -2.28. The predicted octanol–water partition coefficient (Wildman–Crippen LogP) is 1.70. The summed E-state index contributed by atoms with van der Waals surface area (Å²) in [5.74, 6) is -0.105. The van der Waals surface area contributed by atoms with Crippen molar-refractivity contribution in [2.45, 2.75) is 44.4 Å². The number of carbonyl (C=O) groups is 1. The summed E-state index contributed by atoms with van der Waals surface area (Å²) in [4.78, 5) is 36.6. The Labute approximate surface area is 219 Å². The van der Waals surface area contributed by atoms with E-state index in [0.717, 1.165) is 12.1 Å². The van der Waals surface area contributed by atoms with Crippen LogP contribution in [0.4, 0.5) is 0 Å². The van der Waals surface area contributed by atoms with Crippen LogP contribution in [-0.2, 0) is 27.2 Å². The Balaban J connectivity index is 2.24. The third kappa shape index (κ3) is 7.81. The van der Waals surface area contributed by atoms with Gasteiger partial charge in [-0.1, -0.05) is 40.0 Å². The van der Waals surface area contributed by atoms with Crippen molar-refractivity contribution in [3.05, 3.63) is 73.1 Å². The number of carbonyl (C=O) groups excluding carboxylic acids is 1. The van der Waals surface area contributed by atoms with Crippen molar-refractivity contribution in [2.75, 3.05) is 20.8 Å². The Morgan fingerprint density at radius 2 is 2.17 bits per heavy atom. The van der Waals surface area contributed by atoms with Crippen molar-refractivity contribution in [1.82, 2.24) is 25.9 Å². The zero-order valence-electron chi connectivity index (χ0n) is 20.7. The summed E-state index contributed by atoms with van der Waals surface area (Å²) >= 11 is -0.764. The summed E-state index contributed by atoms with van der Waals surface area (Å²) in [6.07, 6.45) is 5.20. The quantitative estimate of drug-likeness (QED) is 0.101. The molecule has 4 N–H and O–H groups in total. The number of fused-ring (bicyclic) bond motifs is 1. The maximum Gasteiger partial charge on any atom is 0.270 e. The molecule has 36 heavy (non-hydrogen) atoms. The predicted molar refractivity (Wildman–Crippen MR) is 147 cm³/mol. The van der Waals surface area contributed by atoms with Gasteiger partial charge in [0.05, 0.1) is 36.3 Å². The first kappa shape index (κ1) is 29.4. The molecule has 0 aliphatic heterocycles. The van der Waals surface area contributed by atoms with Crippen LogP contribution in [0.1, 0.15) is 31.0 Å². The van der Waals surface area contributed by atoms with Crippen LogP contribution in [-0.4, -0.2) is 56.7 Å². The number of hydrogen-bond donors (Lipinski definition) is 4. The molecule has 2 atom stereocenters. The molecule has 0 aromatic carbocycles. The number of nitro groups is 1. The summed E-state index contributed by atoms with van der Waals surface area (Å²) in [7, 11) is 2.89. The van der Waals surface area contributed by atoms with Gasteiger partial charge in [-0.2, -0.15) is 0 Å². The van der Waals surface area contributed by atoms with Gasteiger partial charge in [-0.3, -0.25) is 34.9 Å². The van der Waals surface area contributed by atoms with Gasteiger partial charge in [-0.05, 0) is 36.5 Å². The van der Waals surface area contributed by atoms with Crippen LogP contribution in [0.2, 0.25) is 0 Å². The number of H-pyrrole nitrogens is 1. The number of nitrogens with zero attached hydrogens (tertiary/aromatic N) is 2. The zero-order chi connectivity index (χ0) is 26.9. The molecular formula is C23H33IN6O6. The van der Waals surface area contributed by atoms with Gasteiger partial charge in [0, 0.05) is 19.2 Å². The van der Waals surface area contributed by atoms with Crippen molar-refractivity contribution < 1.29 is 19.2 Å². The highest BCUT2D eigenvalue weighted by atomic mass is 127. The van der Waals surface area contributed by atoms with Crippen molar-refractivity contribution in [3.63, 3.8) is 0 Å².